The van der Waals surface area contributed by atoms with E-state index in [0.717, 1.165) is 13.0 Å². The summed E-state index contributed by atoms with van der Waals surface area (Å²) >= 11 is 0. The van der Waals surface area contributed by atoms with Gasteiger partial charge >= 0.3 is 0 Å². The van der Waals surface area contributed by atoms with E-state index in [0.29, 0.717) is 17.9 Å². The van der Waals surface area contributed by atoms with Crippen molar-refractivity contribution in [3.63, 3.8) is 0 Å². The Hall–Kier alpha value is -2.35. The van der Waals surface area contributed by atoms with Gasteiger partial charge in [-0.3, -0.25) is 10.1 Å². The lowest BCUT2D eigenvalue weighted by Gasteiger charge is -2.06. The Labute approximate surface area is 115 Å². The summed E-state index contributed by atoms with van der Waals surface area (Å²) in [5.41, 5.74) is 0.664. The lowest BCUT2D eigenvalue weighted by atomic mass is 10.2. The lowest BCUT2D eigenvalue weighted by molar-refractivity contribution is -0.385. The highest BCUT2D eigenvalue weighted by Crippen LogP contribution is 2.18. The van der Waals surface area contributed by atoms with Gasteiger partial charge in [0.25, 0.3) is 5.69 Å². The zero-order chi connectivity index (χ0) is 14.4. The minimum Gasteiger partial charge on any atom is -0.310 e. The predicted octanol–water partition coefficient (Wildman–Crippen LogP) is 1.13. The van der Waals surface area contributed by atoms with Gasteiger partial charge in [0.1, 0.15) is 0 Å². The summed E-state index contributed by atoms with van der Waals surface area (Å²) in [5, 5.41) is 25.6. The number of benzene rings is 1. The largest absolute Gasteiger partial charge is 0.310 e. The number of nitrogens with one attached hydrogen (secondary N) is 1. The smallest absolute Gasteiger partial charge is 0.274 e. The van der Waals surface area contributed by atoms with Gasteiger partial charge in [0, 0.05) is 6.07 Å². The van der Waals surface area contributed by atoms with Crippen LogP contribution in [0.4, 0.5) is 5.69 Å². The quantitative estimate of drug-likeness (QED) is 0.462. The van der Waals surface area contributed by atoms with E-state index in [-0.39, 0.29) is 12.2 Å². The van der Waals surface area contributed by atoms with E-state index < -0.39 is 4.92 Å². The molecule has 2 aromatic rings. The highest BCUT2D eigenvalue weighted by atomic mass is 16.6. The third-order valence-corrected chi connectivity index (χ3v) is 2.82. The Balaban J connectivity index is 2.14. The molecule has 0 fully saturated rings. The maximum atomic E-state index is 11.0. The topological polar surface area (TPSA) is 98.8 Å². The first kappa shape index (κ1) is 14.1. The van der Waals surface area contributed by atoms with Crippen LogP contribution in [0.25, 0.3) is 0 Å². The summed E-state index contributed by atoms with van der Waals surface area (Å²) in [6, 6.07) is 6.60. The van der Waals surface area contributed by atoms with Gasteiger partial charge in [-0.1, -0.05) is 25.1 Å². The molecule has 0 spiro atoms. The normalized spacial score (nSPS) is 10.7. The van der Waals surface area contributed by atoms with Crippen molar-refractivity contribution in [2.75, 3.05) is 6.54 Å². The first-order valence-corrected chi connectivity index (χ1v) is 6.40. The van der Waals surface area contributed by atoms with E-state index in [1.165, 1.54) is 6.07 Å². The minimum absolute atomic E-state index is 0.0791. The highest BCUT2D eigenvalue weighted by molar-refractivity contribution is 5.39. The van der Waals surface area contributed by atoms with Crippen LogP contribution in [-0.4, -0.2) is 31.7 Å². The van der Waals surface area contributed by atoms with Crippen LogP contribution in [0, 0.1) is 10.1 Å². The SMILES string of the molecule is CCCNCc1nnnn1Cc1ccccc1[N+](=O)[O-]. The van der Waals surface area contributed by atoms with Crippen molar-refractivity contribution in [2.24, 2.45) is 0 Å². The van der Waals surface area contributed by atoms with Crippen molar-refractivity contribution in [1.82, 2.24) is 25.5 Å². The molecule has 20 heavy (non-hydrogen) atoms. The summed E-state index contributed by atoms with van der Waals surface area (Å²) in [7, 11) is 0. The van der Waals surface area contributed by atoms with Gasteiger partial charge in [0.15, 0.2) is 5.82 Å². The average molecular weight is 276 g/mol. The second-order valence-electron chi connectivity index (χ2n) is 4.32. The van der Waals surface area contributed by atoms with Crippen molar-refractivity contribution in [3.8, 4) is 0 Å². The fourth-order valence-corrected chi connectivity index (χ4v) is 1.83. The van der Waals surface area contributed by atoms with Crippen molar-refractivity contribution in [2.45, 2.75) is 26.4 Å². The fourth-order valence-electron chi connectivity index (χ4n) is 1.83. The maximum absolute atomic E-state index is 11.0. The first-order valence-electron chi connectivity index (χ1n) is 6.40. The highest BCUT2D eigenvalue weighted by Gasteiger charge is 2.15. The number of nitro groups is 1. The van der Waals surface area contributed by atoms with Crippen LogP contribution in [0.5, 0.6) is 0 Å². The van der Waals surface area contributed by atoms with Crippen LogP contribution in [0.3, 0.4) is 0 Å². The summed E-state index contributed by atoms with van der Waals surface area (Å²) in [6.45, 7) is 3.77. The van der Waals surface area contributed by atoms with Gasteiger partial charge < -0.3 is 5.32 Å². The number of hydrogen-bond acceptors (Lipinski definition) is 6. The molecule has 0 bridgehead atoms. The molecule has 0 unspecified atom stereocenters. The standard InChI is InChI=1S/C12H16N6O2/c1-2-7-13-8-12-14-15-16-17(12)9-10-5-3-4-6-11(10)18(19)20/h3-6,13H,2,7-9H2,1H3. The summed E-state index contributed by atoms with van der Waals surface area (Å²) in [5.74, 6) is 0.664. The molecule has 0 saturated carbocycles. The van der Waals surface area contributed by atoms with Crippen molar-refractivity contribution in [1.29, 1.82) is 0 Å². The van der Waals surface area contributed by atoms with Gasteiger partial charge in [-0.25, -0.2) is 4.68 Å². The number of rotatable bonds is 7. The van der Waals surface area contributed by atoms with Crippen LogP contribution in [0.15, 0.2) is 24.3 Å². The molecule has 1 heterocycles. The van der Waals surface area contributed by atoms with Gasteiger partial charge in [0.05, 0.1) is 23.6 Å². The Morgan fingerprint density at radius 1 is 1.40 bits per heavy atom. The monoisotopic (exact) mass is 276 g/mol. The molecule has 1 aromatic carbocycles. The Morgan fingerprint density at radius 3 is 2.95 bits per heavy atom. The molecule has 0 amide bonds. The lowest BCUT2D eigenvalue weighted by Crippen LogP contribution is -2.18. The Bertz CT molecular complexity index is 583. The van der Waals surface area contributed by atoms with Crippen LogP contribution in [-0.2, 0) is 13.1 Å². The zero-order valence-electron chi connectivity index (χ0n) is 11.2. The number of nitrogens with zero attached hydrogens (tertiary/aromatic N) is 5. The zero-order valence-corrected chi connectivity index (χ0v) is 11.2. The fraction of sp³-hybridized carbons (Fsp3) is 0.417. The second kappa shape index (κ2) is 6.71. The van der Waals surface area contributed by atoms with Crippen molar-refractivity contribution >= 4 is 5.69 Å². The molecule has 0 aliphatic rings. The van der Waals surface area contributed by atoms with Crippen LogP contribution in [0.1, 0.15) is 24.7 Å². The van der Waals surface area contributed by atoms with E-state index in [2.05, 4.69) is 27.8 Å². The van der Waals surface area contributed by atoms with Crippen LogP contribution in [0.2, 0.25) is 0 Å². The van der Waals surface area contributed by atoms with E-state index in [1.807, 2.05) is 0 Å². The number of hydrogen-bond donors (Lipinski definition) is 1. The average Bonchev–Trinajstić information content (AvgIpc) is 2.87. The third-order valence-electron chi connectivity index (χ3n) is 2.82. The van der Waals surface area contributed by atoms with Gasteiger partial charge in [-0.05, 0) is 23.4 Å². The first-order chi connectivity index (χ1) is 9.72. The number of nitro benzene ring substituents is 1. The molecular formula is C12H16N6O2. The number of tetrazole rings is 1. The maximum Gasteiger partial charge on any atom is 0.274 e. The van der Waals surface area contributed by atoms with Crippen LogP contribution >= 0.6 is 0 Å². The molecule has 106 valence electrons. The molecule has 0 aliphatic carbocycles. The Kier molecular flexibility index (Phi) is 4.72. The molecule has 0 radical (unpaired) electrons. The van der Waals surface area contributed by atoms with Crippen LogP contribution < -0.4 is 5.32 Å². The van der Waals surface area contributed by atoms with E-state index in [4.69, 9.17) is 0 Å². The molecule has 0 atom stereocenters. The predicted molar refractivity (Wildman–Crippen MR) is 72.0 cm³/mol. The summed E-state index contributed by atoms with van der Waals surface area (Å²) in [4.78, 5) is 10.6. The van der Waals surface area contributed by atoms with Crippen molar-refractivity contribution in [3.05, 3.63) is 45.8 Å². The van der Waals surface area contributed by atoms with E-state index >= 15 is 0 Å². The number of para-hydroxylation sites is 1. The van der Waals surface area contributed by atoms with Crippen molar-refractivity contribution < 1.29 is 4.92 Å². The summed E-state index contributed by atoms with van der Waals surface area (Å²) < 4.78 is 1.57. The molecular weight excluding hydrogens is 260 g/mol. The molecule has 8 heteroatoms. The third kappa shape index (κ3) is 3.35. The van der Waals surface area contributed by atoms with E-state index in [9.17, 15) is 10.1 Å². The Morgan fingerprint density at radius 2 is 2.20 bits per heavy atom. The molecule has 2 rings (SSSR count). The van der Waals surface area contributed by atoms with Gasteiger partial charge in [-0.15, -0.1) is 5.10 Å². The minimum atomic E-state index is -0.394. The second-order valence-corrected chi connectivity index (χ2v) is 4.32. The molecule has 0 saturated heterocycles. The molecule has 1 aromatic heterocycles. The number of aromatic nitrogens is 4. The molecule has 1 N–H and O–H groups in total. The molecule has 0 aliphatic heterocycles. The van der Waals surface area contributed by atoms with E-state index in [1.54, 1.807) is 22.9 Å². The molecule has 8 nitrogen and oxygen atoms in total. The van der Waals surface area contributed by atoms with Gasteiger partial charge in [-0.2, -0.15) is 0 Å². The summed E-state index contributed by atoms with van der Waals surface area (Å²) in [6.07, 6.45) is 1.02. The van der Waals surface area contributed by atoms with Gasteiger partial charge in [0.2, 0.25) is 0 Å².